The molecule has 0 radical (unpaired) electrons. The van der Waals surface area contributed by atoms with E-state index < -0.39 is 4.92 Å². The topological polar surface area (TPSA) is 100 Å². The number of nitro benzene ring substituents is 1. The highest BCUT2D eigenvalue weighted by Gasteiger charge is 2.25. The minimum absolute atomic E-state index is 0.0319. The van der Waals surface area contributed by atoms with Crippen molar-refractivity contribution in [1.82, 2.24) is 9.80 Å². The molecule has 0 spiro atoms. The number of carbonyl (C=O) groups is 1. The lowest BCUT2D eigenvalue weighted by molar-refractivity contribution is -0.385. The average Bonchev–Trinajstić information content (AvgIpc) is 2.96. The molecule has 0 atom stereocenters. The number of likely N-dealkylation sites (tertiary alicyclic amines) is 1. The van der Waals surface area contributed by atoms with Crippen LogP contribution in [0.2, 0.25) is 0 Å². The van der Waals surface area contributed by atoms with Crippen LogP contribution in [0.25, 0.3) is 0 Å². The average molecular weight is 554 g/mol. The first-order valence-electron chi connectivity index (χ1n) is 14.5. The molecule has 2 aliphatic heterocycles. The van der Waals surface area contributed by atoms with E-state index in [4.69, 9.17) is 9.47 Å². The minimum atomic E-state index is -0.429. The van der Waals surface area contributed by atoms with E-state index in [0.717, 1.165) is 63.6 Å². The maximum atomic E-state index is 12.9. The van der Waals surface area contributed by atoms with Gasteiger partial charge in [0.05, 0.1) is 18.1 Å². The van der Waals surface area contributed by atoms with Gasteiger partial charge in [0.15, 0.2) is 5.75 Å². The number of benzene rings is 2. The SMILES string of the molecule is CCOc1cc(NC2CCN(C(=O)CCN3CCN(c4ccc(OCC(C)C)cc4)CC3)CC2)ccc1[N+](=O)[O-]. The van der Waals surface area contributed by atoms with Crippen LogP contribution in [-0.4, -0.2) is 85.7 Å². The highest BCUT2D eigenvalue weighted by atomic mass is 16.6. The first-order valence-corrected chi connectivity index (χ1v) is 14.5. The lowest BCUT2D eigenvalue weighted by Gasteiger charge is -2.37. The van der Waals surface area contributed by atoms with Crippen molar-refractivity contribution >= 4 is 23.0 Å². The minimum Gasteiger partial charge on any atom is -0.493 e. The van der Waals surface area contributed by atoms with Crippen molar-refractivity contribution in [2.45, 2.75) is 46.1 Å². The first kappa shape index (κ1) is 29.5. The van der Waals surface area contributed by atoms with Gasteiger partial charge in [-0.25, -0.2) is 0 Å². The Morgan fingerprint density at radius 3 is 2.35 bits per heavy atom. The van der Waals surface area contributed by atoms with Crippen molar-refractivity contribution in [3.63, 3.8) is 0 Å². The Bertz CT molecular complexity index is 1110. The van der Waals surface area contributed by atoms with Crippen LogP contribution in [0.5, 0.6) is 11.5 Å². The van der Waals surface area contributed by atoms with Gasteiger partial charge in [0.25, 0.3) is 0 Å². The second-order valence-corrected chi connectivity index (χ2v) is 10.9. The summed E-state index contributed by atoms with van der Waals surface area (Å²) in [5.74, 6) is 1.91. The van der Waals surface area contributed by atoms with Gasteiger partial charge < -0.3 is 24.6 Å². The Hall–Kier alpha value is -3.53. The van der Waals surface area contributed by atoms with Crippen LogP contribution in [-0.2, 0) is 4.79 Å². The lowest BCUT2D eigenvalue weighted by atomic mass is 10.0. The van der Waals surface area contributed by atoms with Gasteiger partial charge in [-0.2, -0.15) is 0 Å². The fourth-order valence-corrected chi connectivity index (χ4v) is 5.19. The zero-order valence-corrected chi connectivity index (χ0v) is 24.0. The summed E-state index contributed by atoms with van der Waals surface area (Å²) in [6.07, 6.45) is 2.22. The summed E-state index contributed by atoms with van der Waals surface area (Å²) in [5, 5.41) is 14.7. The molecule has 4 rings (SSSR count). The molecule has 2 fully saturated rings. The van der Waals surface area contributed by atoms with Crippen LogP contribution in [0.1, 0.15) is 40.0 Å². The Kier molecular flexibility index (Phi) is 10.5. The fraction of sp³-hybridized carbons (Fsp3) is 0.567. The van der Waals surface area contributed by atoms with E-state index >= 15 is 0 Å². The van der Waals surface area contributed by atoms with E-state index in [2.05, 4.69) is 41.1 Å². The molecule has 1 amide bonds. The molecule has 2 heterocycles. The third kappa shape index (κ3) is 8.24. The van der Waals surface area contributed by atoms with Gasteiger partial charge in [0, 0.05) is 81.8 Å². The monoisotopic (exact) mass is 553 g/mol. The summed E-state index contributed by atoms with van der Waals surface area (Å²) in [6.45, 7) is 13.2. The van der Waals surface area contributed by atoms with Gasteiger partial charge in [-0.05, 0) is 56.0 Å². The summed E-state index contributed by atoms with van der Waals surface area (Å²) in [5.41, 5.74) is 1.98. The molecular formula is C30H43N5O5. The maximum Gasteiger partial charge on any atom is 0.311 e. The second kappa shape index (κ2) is 14.2. The van der Waals surface area contributed by atoms with Gasteiger partial charge in [-0.15, -0.1) is 0 Å². The Balaban J connectivity index is 1.15. The summed E-state index contributed by atoms with van der Waals surface area (Å²) in [7, 11) is 0. The van der Waals surface area contributed by atoms with E-state index in [1.165, 1.54) is 11.8 Å². The first-order chi connectivity index (χ1) is 19.3. The molecule has 218 valence electrons. The third-order valence-electron chi connectivity index (χ3n) is 7.47. The number of hydrogen-bond acceptors (Lipinski definition) is 8. The lowest BCUT2D eigenvalue weighted by Crippen LogP contribution is -2.48. The quantitative estimate of drug-likeness (QED) is 0.300. The molecule has 1 N–H and O–H groups in total. The number of anilines is 2. The standard InChI is InChI=1S/C30H43N5O5/c1-4-39-29-21-25(5-10-28(29)35(37)38)31-24-11-15-34(16-12-24)30(36)13-14-32-17-19-33(20-18-32)26-6-8-27(9-7-26)40-22-23(2)3/h5-10,21,23-24,31H,4,11-20,22H2,1-3H3. The summed E-state index contributed by atoms with van der Waals surface area (Å²) < 4.78 is 11.3. The highest BCUT2D eigenvalue weighted by Crippen LogP contribution is 2.31. The highest BCUT2D eigenvalue weighted by molar-refractivity contribution is 5.76. The molecule has 0 saturated carbocycles. The van der Waals surface area contributed by atoms with Gasteiger partial charge in [0.2, 0.25) is 5.91 Å². The zero-order valence-electron chi connectivity index (χ0n) is 24.0. The van der Waals surface area contributed by atoms with Gasteiger partial charge in [0.1, 0.15) is 5.75 Å². The molecule has 0 bridgehead atoms. The number of piperidine rings is 1. The Labute approximate surface area is 237 Å². The molecule has 2 aliphatic rings. The number of amides is 1. The molecule has 2 aromatic carbocycles. The van der Waals surface area contributed by atoms with E-state index in [1.54, 1.807) is 19.1 Å². The van der Waals surface area contributed by atoms with Crippen molar-refractivity contribution < 1.29 is 19.2 Å². The smallest absolute Gasteiger partial charge is 0.311 e. The molecule has 2 saturated heterocycles. The summed E-state index contributed by atoms with van der Waals surface area (Å²) in [4.78, 5) is 30.5. The van der Waals surface area contributed by atoms with Crippen LogP contribution in [0.3, 0.4) is 0 Å². The Morgan fingerprint density at radius 2 is 1.73 bits per heavy atom. The molecule has 0 aromatic heterocycles. The molecular weight excluding hydrogens is 510 g/mol. The van der Waals surface area contributed by atoms with Crippen LogP contribution < -0.4 is 19.7 Å². The molecule has 0 aliphatic carbocycles. The van der Waals surface area contributed by atoms with Crippen LogP contribution in [0.4, 0.5) is 17.1 Å². The Morgan fingerprint density at radius 1 is 1.02 bits per heavy atom. The summed E-state index contributed by atoms with van der Waals surface area (Å²) >= 11 is 0. The summed E-state index contributed by atoms with van der Waals surface area (Å²) in [6, 6.07) is 13.5. The number of nitro groups is 1. The van der Waals surface area contributed by atoms with E-state index in [0.29, 0.717) is 32.0 Å². The predicted molar refractivity (Wildman–Crippen MR) is 158 cm³/mol. The van der Waals surface area contributed by atoms with Crippen molar-refractivity contribution in [2.75, 3.05) is 69.2 Å². The van der Waals surface area contributed by atoms with Crippen molar-refractivity contribution in [3.8, 4) is 11.5 Å². The van der Waals surface area contributed by atoms with Crippen molar-refractivity contribution in [3.05, 3.63) is 52.6 Å². The van der Waals surface area contributed by atoms with E-state index in [9.17, 15) is 14.9 Å². The van der Waals surface area contributed by atoms with Crippen LogP contribution >= 0.6 is 0 Å². The molecule has 10 nitrogen and oxygen atoms in total. The van der Waals surface area contributed by atoms with Crippen molar-refractivity contribution in [1.29, 1.82) is 0 Å². The largest absolute Gasteiger partial charge is 0.493 e. The number of piperazine rings is 1. The number of nitrogens with one attached hydrogen (secondary N) is 1. The number of carbonyl (C=O) groups excluding carboxylic acids is 1. The normalized spacial score (nSPS) is 16.7. The van der Waals surface area contributed by atoms with E-state index in [1.807, 2.05) is 17.0 Å². The molecule has 40 heavy (non-hydrogen) atoms. The molecule has 2 aromatic rings. The predicted octanol–water partition coefficient (Wildman–Crippen LogP) is 4.64. The molecule has 10 heteroatoms. The molecule has 0 unspecified atom stereocenters. The fourth-order valence-electron chi connectivity index (χ4n) is 5.19. The van der Waals surface area contributed by atoms with Gasteiger partial charge in [-0.3, -0.25) is 19.8 Å². The zero-order chi connectivity index (χ0) is 28.5. The van der Waals surface area contributed by atoms with Crippen molar-refractivity contribution in [2.24, 2.45) is 5.92 Å². The van der Waals surface area contributed by atoms with Gasteiger partial charge >= 0.3 is 5.69 Å². The van der Waals surface area contributed by atoms with E-state index in [-0.39, 0.29) is 23.4 Å². The number of rotatable bonds is 12. The number of ether oxygens (including phenoxy) is 2. The maximum absolute atomic E-state index is 12.9. The third-order valence-corrected chi connectivity index (χ3v) is 7.47. The van der Waals surface area contributed by atoms with Gasteiger partial charge in [-0.1, -0.05) is 13.8 Å². The number of nitrogens with zero attached hydrogens (tertiary/aromatic N) is 4. The van der Waals surface area contributed by atoms with Crippen LogP contribution in [0.15, 0.2) is 42.5 Å². The second-order valence-electron chi connectivity index (χ2n) is 10.9. The van der Waals surface area contributed by atoms with Crippen LogP contribution in [0, 0.1) is 16.0 Å². The number of hydrogen-bond donors (Lipinski definition) is 1.